The first-order chi connectivity index (χ1) is 7.72. The van der Waals surface area contributed by atoms with Gasteiger partial charge >= 0.3 is 0 Å². The predicted octanol–water partition coefficient (Wildman–Crippen LogP) is -1.50. The molecule has 3 N–H and O–H groups in total. The molecule has 1 saturated heterocycles. The molecule has 0 radical (unpaired) electrons. The minimum absolute atomic E-state index is 0.307. The molecule has 0 spiro atoms. The highest BCUT2D eigenvalue weighted by molar-refractivity contribution is 5.03. The van der Waals surface area contributed by atoms with Crippen LogP contribution in [-0.4, -0.2) is 56.3 Å². The van der Waals surface area contributed by atoms with E-state index in [-0.39, 0.29) is 6.61 Å². The third kappa shape index (κ3) is 2.19. The minimum atomic E-state index is -1.04. The normalized spacial score (nSPS) is 34.2. The second-order valence-electron chi connectivity index (χ2n) is 3.78. The van der Waals surface area contributed by atoms with Gasteiger partial charge in [0.25, 0.3) is 0 Å². The van der Waals surface area contributed by atoms with Crippen molar-refractivity contribution in [2.24, 2.45) is 0 Å². The molecular weight excluding hydrogens is 212 g/mol. The zero-order valence-corrected chi connectivity index (χ0v) is 8.60. The SMILES string of the molecule is OC[C@H]1OC(Cc2ccncn2)[C@H](O)[C@@H]1O. The average molecular weight is 226 g/mol. The number of nitrogens with zero attached hydrogens (tertiary/aromatic N) is 2. The van der Waals surface area contributed by atoms with Gasteiger partial charge in [-0.1, -0.05) is 0 Å². The number of ether oxygens (including phenoxy) is 1. The summed E-state index contributed by atoms with van der Waals surface area (Å²) in [5.74, 6) is 0. The number of hydrogen-bond donors (Lipinski definition) is 3. The fourth-order valence-corrected chi connectivity index (χ4v) is 1.79. The molecule has 1 aromatic heterocycles. The molecule has 6 nitrogen and oxygen atoms in total. The van der Waals surface area contributed by atoms with Gasteiger partial charge in [-0.15, -0.1) is 0 Å². The van der Waals surface area contributed by atoms with Crippen molar-refractivity contribution in [3.05, 3.63) is 24.3 Å². The Labute approximate surface area is 92.6 Å². The van der Waals surface area contributed by atoms with Crippen LogP contribution in [0.4, 0.5) is 0 Å². The number of aromatic nitrogens is 2. The van der Waals surface area contributed by atoms with E-state index in [1.165, 1.54) is 6.33 Å². The van der Waals surface area contributed by atoms with E-state index in [0.717, 1.165) is 5.69 Å². The monoisotopic (exact) mass is 226 g/mol. The second-order valence-corrected chi connectivity index (χ2v) is 3.78. The Bertz CT molecular complexity index is 335. The smallest absolute Gasteiger partial charge is 0.115 e. The van der Waals surface area contributed by atoms with Crippen molar-refractivity contribution < 1.29 is 20.1 Å². The van der Waals surface area contributed by atoms with Crippen molar-refractivity contribution in [2.75, 3.05) is 6.61 Å². The lowest BCUT2D eigenvalue weighted by atomic mass is 10.0. The average Bonchev–Trinajstić information content (AvgIpc) is 2.58. The molecule has 0 amide bonds. The van der Waals surface area contributed by atoms with Gasteiger partial charge in [-0.05, 0) is 6.07 Å². The summed E-state index contributed by atoms with van der Waals surface area (Å²) in [6.07, 6.45) is 0.102. The zero-order valence-electron chi connectivity index (χ0n) is 8.60. The maximum atomic E-state index is 9.69. The van der Waals surface area contributed by atoms with E-state index in [9.17, 15) is 10.2 Å². The highest BCUT2D eigenvalue weighted by atomic mass is 16.6. The summed E-state index contributed by atoms with van der Waals surface area (Å²) in [5, 5.41) is 28.1. The molecule has 1 fully saturated rings. The van der Waals surface area contributed by atoms with Crippen molar-refractivity contribution >= 4 is 0 Å². The number of rotatable bonds is 3. The molecule has 16 heavy (non-hydrogen) atoms. The van der Waals surface area contributed by atoms with Crippen molar-refractivity contribution in [1.29, 1.82) is 0 Å². The molecule has 1 unspecified atom stereocenters. The van der Waals surface area contributed by atoms with Crippen molar-refractivity contribution in [2.45, 2.75) is 30.8 Å². The van der Waals surface area contributed by atoms with Crippen LogP contribution in [0.25, 0.3) is 0 Å². The van der Waals surface area contributed by atoms with Crippen LogP contribution in [0.2, 0.25) is 0 Å². The lowest BCUT2D eigenvalue weighted by Crippen LogP contribution is -2.34. The van der Waals surface area contributed by atoms with E-state index in [1.54, 1.807) is 12.3 Å². The summed E-state index contributed by atoms with van der Waals surface area (Å²) in [6.45, 7) is -0.307. The Hall–Kier alpha value is -1.08. The highest BCUT2D eigenvalue weighted by Crippen LogP contribution is 2.23. The van der Waals surface area contributed by atoms with Crippen LogP contribution >= 0.6 is 0 Å². The van der Waals surface area contributed by atoms with E-state index < -0.39 is 24.4 Å². The van der Waals surface area contributed by atoms with Gasteiger partial charge in [0.05, 0.1) is 12.7 Å². The second kappa shape index (κ2) is 4.84. The Morgan fingerprint density at radius 1 is 1.25 bits per heavy atom. The number of aliphatic hydroxyl groups is 3. The number of hydrogen-bond acceptors (Lipinski definition) is 6. The van der Waals surface area contributed by atoms with Gasteiger partial charge in [-0.2, -0.15) is 0 Å². The molecule has 4 atom stereocenters. The maximum absolute atomic E-state index is 9.69. The van der Waals surface area contributed by atoms with Gasteiger partial charge in [0, 0.05) is 18.3 Å². The van der Waals surface area contributed by atoms with Crippen LogP contribution in [0.5, 0.6) is 0 Å². The number of aliphatic hydroxyl groups excluding tert-OH is 3. The van der Waals surface area contributed by atoms with E-state index in [4.69, 9.17) is 9.84 Å². The standard InChI is InChI=1S/C10H14N2O4/c13-4-8-10(15)9(14)7(16-8)3-6-1-2-11-5-12-6/h1-2,5,7-10,13-15H,3-4H2/t7?,8-,9+,10-/m1/s1. The minimum Gasteiger partial charge on any atom is -0.394 e. The van der Waals surface area contributed by atoms with E-state index in [1.807, 2.05) is 0 Å². The molecule has 0 aromatic carbocycles. The molecule has 6 heteroatoms. The van der Waals surface area contributed by atoms with Gasteiger partial charge in [0.2, 0.25) is 0 Å². The van der Waals surface area contributed by atoms with Crippen LogP contribution < -0.4 is 0 Å². The van der Waals surface area contributed by atoms with E-state index in [2.05, 4.69) is 9.97 Å². The molecule has 88 valence electrons. The molecule has 1 aliphatic heterocycles. The summed E-state index contributed by atoms with van der Waals surface area (Å²) in [4.78, 5) is 7.79. The fourth-order valence-electron chi connectivity index (χ4n) is 1.79. The molecule has 0 aliphatic carbocycles. The summed E-state index contributed by atoms with van der Waals surface area (Å²) in [5.41, 5.74) is 0.727. The predicted molar refractivity (Wildman–Crippen MR) is 53.5 cm³/mol. The van der Waals surface area contributed by atoms with Crippen LogP contribution in [0.1, 0.15) is 5.69 Å². The largest absolute Gasteiger partial charge is 0.394 e. The van der Waals surface area contributed by atoms with Gasteiger partial charge in [0.1, 0.15) is 24.6 Å². The highest BCUT2D eigenvalue weighted by Gasteiger charge is 2.42. The molecule has 2 rings (SSSR count). The van der Waals surface area contributed by atoms with Gasteiger partial charge < -0.3 is 20.1 Å². The quantitative estimate of drug-likeness (QED) is 0.580. The lowest BCUT2D eigenvalue weighted by Gasteiger charge is -2.13. The van der Waals surface area contributed by atoms with E-state index >= 15 is 0 Å². The van der Waals surface area contributed by atoms with Gasteiger partial charge in [-0.25, -0.2) is 9.97 Å². The van der Waals surface area contributed by atoms with Crippen LogP contribution in [0.15, 0.2) is 18.6 Å². The first-order valence-electron chi connectivity index (χ1n) is 5.09. The van der Waals surface area contributed by atoms with E-state index in [0.29, 0.717) is 6.42 Å². The maximum Gasteiger partial charge on any atom is 0.115 e. The Morgan fingerprint density at radius 3 is 2.56 bits per heavy atom. The topological polar surface area (TPSA) is 95.7 Å². The van der Waals surface area contributed by atoms with Crippen molar-refractivity contribution in [3.63, 3.8) is 0 Å². The molecule has 0 bridgehead atoms. The third-order valence-electron chi connectivity index (χ3n) is 2.69. The zero-order chi connectivity index (χ0) is 11.5. The molecule has 2 heterocycles. The summed E-state index contributed by atoms with van der Waals surface area (Å²) in [6, 6.07) is 1.72. The molecule has 1 aliphatic rings. The first-order valence-corrected chi connectivity index (χ1v) is 5.09. The van der Waals surface area contributed by atoms with Crippen molar-refractivity contribution in [3.8, 4) is 0 Å². The lowest BCUT2D eigenvalue weighted by molar-refractivity contribution is -0.0218. The Balaban J connectivity index is 2.01. The van der Waals surface area contributed by atoms with Gasteiger partial charge in [-0.3, -0.25) is 0 Å². The third-order valence-corrected chi connectivity index (χ3v) is 2.69. The van der Waals surface area contributed by atoms with Crippen LogP contribution in [-0.2, 0) is 11.2 Å². The van der Waals surface area contributed by atoms with Gasteiger partial charge in [0.15, 0.2) is 0 Å². The fraction of sp³-hybridized carbons (Fsp3) is 0.600. The summed E-state index contributed by atoms with van der Waals surface area (Å²) >= 11 is 0. The van der Waals surface area contributed by atoms with Crippen LogP contribution in [0, 0.1) is 0 Å². The Kier molecular flexibility index (Phi) is 3.45. The Morgan fingerprint density at radius 2 is 2.00 bits per heavy atom. The van der Waals surface area contributed by atoms with Crippen molar-refractivity contribution in [1.82, 2.24) is 9.97 Å². The molecular formula is C10H14N2O4. The molecule has 0 saturated carbocycles. The molecule has 1 aromatic rings. The summed E-state index contributed by atoms with van der Waals surface area (Å²) < 4.78 is 5.33. The summed E-state index contributed by atoms with van der Waals surface area (Å²) in [7, 11) is 0. The van der Waals surface area contributed by atoms with Crippen LogP contribution in [0.3, 0.4) is 0 Å². The first kappa shape index (κ1) is 11.4.